The highest BCUT2D eigenvalue weighted by molar-refractivity contribution is 6.31. The maximum absolute atomic E-state index is 12.9. The maximum atomic E-state index is 12.9. The first-order chi connectivity index (χ1) is 13.1. The minimum absolute atomic E-state index is 0.0444. The summed E-state index contributed by atoms with van der Waals surface area (Å²) in [6.45, 7) is 2.94. The number of carbonyl (C=O) groups is 3. The first kappa shape index (κ1) is 20.4. The van der Waals surface area contributed by atoms with E-state index in [1.54, 1.807) is 48.5 Å². The van der Waals surface area contributed by atoms with Crippen molar-refractivity contribution in [2.24, 2.45) is 5.41 Å². The molecule has 0 atom stereocenters. The first-order valence-corrected chi connectivity index (χ1v) is 9.37. The van der Waals surface area contributed by atoms with Crippen LogP contribution >= 0.6 is 23.2 Å². The Morgan fingerprint density at radius 3 is 1.82 bits per heavy atom. The Morgan fingerprint density at radius 2 is 1.32 bits per heavy atom. The van der Waals surface area contributed by atoms with Crippen LogP contribution < -0.4 is 0 Å². The summed E-state index contributed by atoms with van der Waals surface area (Å²) in [4.78, 5) is 38.7. The van der Waals surface area contributed by atoms with Gasteiger partial charge >= 0.3 is 11.9 Å². The lowest BCUT2D eigenvalue weighted by Crippen LogP contribution is -2.55. The van der Waals surface area contributed by atoms with Gasteiger partial charge in [0.05, 0.1) is 0 Å². The van der Waals surface area contributed by atoms with Crippen molar-refractivity contribution in [3.05, 3.63) is 69.7 Å². The highest BCUT2D eigenvalue weighted by atomic mass is 35.5. The van der Waals surface area contributed by atoms with Crippen molar-refractivity contribution in [1.29, 1.82) is 0 Å². The van der Waals surface area contributed by atoms with E-state index in [9.17, 15) is 14.4 Å². The summed E-state index contributed by atoms with van der Waals surface area (Å²) in [5.41, 5.74) is -0.785. The zero-order chi connectivity index (χ0) is 20.5. The number of ether oxygens (including phenoxy) is 2. The van der Waals surface area contributed by atoms with Crippen molar-refractivity contribution < 1.29 is 23.9 Å². The van der Waals surface area contributed by atoms with E-state index < -0.39 is 23.1 Å². The van der Waals surface area contributed by atoms with Gasteiger partial charge in [0.2, 0.25) is 0 Å². The number of Topliss-reactive ketones (excluding diaryl/α,β-unsaturated/α-hetero) is 1. The Balaban J connectivity index is 1.97. The topological polar surface area (TPSA) is 69.7 Å². The molecule has 28 heavy (non-hydrogen) atoms. The number of ketones is 1. The van der Waals surface area contributed by atoms with Gasteiger partial charge in [-0.3, -0.25) is 14.4 Å². The zero-order valence-corrected chi connectivity index (χ0v) is 16.8. The van der Waals surface area contributed by atoms with E-state index in [0.717, 1.165) is 0 Å². The number of cyclic esters (lactones) is 2. The Bertz CT molecular complexity index is 897. The van der Waals surface area contributed by atoms with E-state index in [0.29, 0.717) is 21.2 Å². The molecule has 1 aliphatic heterocycles. The molecule has 1 heterocycles. The third-order valence-corrected chi connectivity index (χ3v) is 5.01. The van der Waals surface area contributed by atoms with Crippen LogP contribution in [0.3, 0.4) is 0 Å². The highest BCUT2D eigenvalue weighted by Crippen LogP contribution is 2.39. The summed E-state index contributed by atoms with van der Waals surface area (Å²) >= 11 is 11.8. The lowest BCUT2D eigenvalue weighted by atomic mass is 9.75. The average Bonchev–Trinajstić information content (AvgIpc) is 2.61. The van der Waals surface area contributed by atoms with Crippen LogP contribution in [0.1, 0.15) is 36.2 Å². The lowest BCUT2D eigenvalue weighted by molar-refractivity contribution is -0.250. The minimum atomic E-state index is -1.78. The van der Waals surface area contributed by atoms with Gasteiger partial charge in [-0.1, -0.05) is 35.3 Å². The van der Waals surface area contributed by atoms with Gasteiger partial charge in [-0.2, -0.15) is 0 Å². The monoisotopic (exact) mass is 420 g/mol. The fourth-order valence-corrected chi connectivity index (χ4v) is 3.31. The van der Waals surface area contributed by atoms with Crippen LogP contribution in [-0.4, -0.2) is 23.5 Å². The second kappa shape index (κ2) is 7.57. The second-order valence-corrected chi connectivity index (χ2v) is 8.04. The molecule has 5 nitrogen and oxygen atoms in total. The molecule has 1 saturated heterocycles. The number of carbonyl (C=O) groups excluding carboxylic acids is 3. The molecule has 2 aromatic carbocycles. The molecule has 0 radical (unpaired) electrons. The molecule has 1 aliphatic rings. The number of hydrogen-bond donors (Lipinski definition) is 0. The fraction of sp³-hybridized carbons (Fsp3) is 0.286. The van der Waals surface area contributed by atoms with Crippen molar-refractivity contribution in [3.8, 4) is 0 Å². The Hall–Kier alpha value is -2.37. The minimum Gasteiger partial charge on any atom is -0.422 e. The van der Waals surface area contributed by atoms with Crippen LogP contribution in [0.5, 0.6) is 0 Å². The summed E-state index contributed by atoms with van der Waals surface area (Å²) in [5.74, 6) is -3.35. The smallest absolute Gasteiger partial charge is 0.327 e. The Labute approximate surface area is 172 Å². The molecular weight excluding hydrogens is 403 g/mol. The predicted molar refractivity (Wildman–Crippen MR) is 104 cm³/mol. The van der Waals surface area contributed by atoms with Gasteiger partial charge in [-0.25, -0.2) is 0 Å². The van der Waals surface area contributed by atoms with Crippen LogP contribution in [0, 0.1) is 5.41 Å². The van der Waals surface area contributed by atoms with E-state index in [1.807, 2.05) is 0 Å². The molecule has 0 aromatic heterocycles. The van der Waals surface area contributed by atoms with Gasteiger partial charge in [0, 0.05) is 35.9 Å². The van der Waals surface area contributed by atoms with Crippen LogP contribution in [-0.2, 0) is 25.5 Å². The molecule has 3 rings (SSSR count). The normalized spacial score (nSPS) is 17.6. The lowest BCUT2D eigenvalue weighted by Gasteiger charge is -2.40. The van der Waals surface area contributed by atoms with Gasteiger partial charge < -0.3 is 9.47 Å². The van der Waals surface area contributed by atoms with Gasteiger partial charge in [0.1, 0.15) is 0 Å². The summed E-state index contributed by atoms with van der Waals surface area (Å²) in [6, 6.07) is 12.9. The third-order valence-electron chi connectivity index (χ3n) is 4.51. The van der Waals surface area contributed by atoms with Crippen molar-refractivity contribution >= 4 is 40.9 Å². The molecule has 0 bridgehead atoms. The number of rotatable bonds is 5. The molecule has 146 valence electrons. The summed E-state index contributed by atoms with van der Waals surface area (Å²) in [7, 11) is 0. The van der Waals surface area contributed by atoms with Crippen molar-refractivity contribution in [3.63, 3.8) is 0 Å². The zero-order valence-electron chi connectivity index (χ0n) is 15.3. The van der Waals surface area contributed by atoms with E-state index in [1.165, 1.54) is 13.8 Å². The van der Waals surface area contributed by atoms with Crippen LogP contribution in [0.15, 0.2) is 48.5 Å². The SMILES string of the molecule is CC1(C)OC(=O)C(CC(=O)c2ccc(Cl)cc2)(Cc2ccc(Cl)cc2)C(=O)O1. The van der Waals surface area contributed by atoms with Gasteiger partial charge in [0.25, 0.3) is 5.79 Å². The van der Waals surface area contributed by atoms with E-state index in [-0.39, 0.29) is 18.6 Å². The maximum Gasteiger partial charge on any atom is 0.327 e. The quantitative estimate of drug-likeness (QED) is 0.400. The largest absolute Gasteiger partial charge is 0.422 e. The van der Waals surface area contributed by atoms with Crippen LogP contribution in [0.25, 0.3) is 0 Å². The summed E-state index contributed by atoms with van der Waals surface area (Å²) < 4.78 is 10.7. The molecule has 0 amide bonds. The van der Waals surface area contributed by atoms with Crippen LogP contribution in [0.2, 0.25) is 10.0 Å². The molecule has 1 fully saturated rings. The van der Waals surface area contributed by atoms with Gasteiger partial charge in [-0.05, 0) is 48.4 Å². The second-order valence-electron chi connectivity index (χ2n) is 7.17. The molecular formula is C21H18Cl2O5. The predicted octanol–water partition coefficient (Wildman–Crippen LogP) is 4.63. The summed E-state index contributed by atoms with van der Waals surface area (Å²) in [6.07, 6.45) is -0.428. The van der Waals surface area contributed by atoms with Crippen LogP contribution in [0.4, 0.5) is 0 Å². The molecule has 7 heteroatoms. The van der Waals surface area contributed by atoms with Crippen molar-refractivity contribution in [2.75, 3.05) is 0 Å². The standard InChI is InChI=1S/C21H18Cl2O5/c1-20(2)27-18(25)21(19(26)28-20,11-13-3-7-15(22)8-4-13)12-17(24)14-5-9-16(23)10-6-14/h3-10H,11-12H2,1-2H3. The van der Waals surface area contributed by atoms with Gasteiger partial charge in [0.15, 0.2) is 11.2 Å². The average molecular weight is 421 g/mol. The Kier molecular flexibility index (Phi) is 5.50. The third kappa shape index (κ3) is 4.21. The van der Waals surface area contributed by atoms with E-state index >= 15 is 0 Å². The number of benzene rings is 2. The van der Waals surface area contributed by atoms with E-state index in [4.69, 9.17) is 32.7 Å². The first-order valence-electron chi connectivity index (χ1n) is 8.61. The molecule has 0 saturated carbocycles. The molecule has 2 aromatic rings. The number of esters is 2. The number of halogens is 2. The molecule has 0 spiro atoms. The Morgan fingerprint density at radius 1 is 0.857 bits per heavy atom. The van der Waals surface area contributed by atoms with Crippen molar-refractivity contribution in [1.82, 2.24) is 0 Å². The summed E-state index contributed by atoms with van der Waals surface area (Å²) in [5, 5.41) is 0.996. The fourth-order valence-electron chi connectivity index (χ4n) is 3.06. The molecule has 0 N–H and O–H groups in total. The van der Waals surface area contributed by atoms with Gasteiger partial charge in [-0.15, -0.1) is 0 Å². The highest BCUT2D eigenvalue weighted by Gasteiger charge is 2.57. The van der Waals surface area contributed by atoms with E-state index in [2.05, 4.69) is 0 Å². The van der Waals surface area contributed by atoms with Crippen molar-refractivity contribution in [2.45, 2.75) is 32.5 Å². The molecule has 0 unspecified atom stereocenters. The molecule has 0 aliphatic carbocycles. The number of hydrogen-bond acceptors (Lipinski definition) is 5.